The second kappa shape index (κ2) is 6.64. The smallest absolute Gasteiger partial charge is 0.254 e. The van der Waals surface area contributed by atoms with Crippen molar-refractivity contribution in [1.29, 1.82) is 0 Å². The van der Waals surface area contributed by atoms with Crippen molar-refractivity contribution >= 4 is 11.6 Å². The number of amides is 1. The van der Waals surface area contributed by atoms with E-state index < -0.39 is 5.82 Å². The summed E-state index contributed by atoms with van der Waals surface area (Å²) in [4.78, 5) is 20.5. The fraction of sp³-hybridized carbons (Fsp3) is 0.294. The van der Waals surface area contributed by atoms with E-state index in [4.69, 9.17) is 4.74 Å². The number of ether oxygens (including phenoxy) is 1. The van der Waals surface area contributed by atoms with Gasteiger partial charge in [0.25, 0.3) is 5.91 Å². The van der Waals surface area contributed by atoms with Crippen molar-refractivity contribution in [3.63, 3.8) is 0 Å². The minimum absolute atomic E-state index is 0.143. The second-order valence-electron chi connectivity index (χ2n) is 5.33. The Labute approximate surface area is 134 Å². The molecule has 23 heavy (non-hydrogen) atoms. The number of hydrogen-bond donors (Lipinski definition) is 0. The highest BCUT2D eigenvalue weighted by atomic mass is 19.1. The molecule has 0 radical (unpaired) electrons. The molecule has 0 aliphatic carbocycles. The maximum Gasteiger partial charge on any atom is 0.254 e. The number of piperazine rings is 1. The van der Waals surface area contributed by atoms with E-state index in [1.807, 2.05) is 12.1 Å². The maximum absolute atomic E-state index is 13.8. The first-order chi connectivity index (χ1) is 11.2. The van der Waals surface area contributed by atoms with Crippen molar-refractivity contribution in [2.24, 2.45) is 0 Å². The molecule has 2 heterocycles. The van der Waals surface area contributed by atoms with Gasteiger partial charge in [-0.2, -0.15) is 0 Å². The zero-order valence-electron chi connectivity index (χ0n) is 12.9. The van der Waals surface area contributed by atoms with Crippen molar-refractivity contribution in [2.75, 3.05) is 38.2 Å². The lowest BCUT2D eigenvalue weighted by Gasteiger charge is -2.36. The molecule has 1 aliphatic rings. The molecule has 1 amide bonds. The normalized spacial score (nSPS) is 14.7. The summed E-state index contributed by atoms with van der Waals surface area (Å²) in [6, 6.07) is 8.22. The number of hydrogen-bond acceptors (Lipinski definition) is 4. The van der Waals surface area contributed by atoms with Gasteiger partial charge < -0.3 is 14.5 Å². The highest BCUT2D eigenvalue weighted by Gasteiger charge is 2.23. The van der Waals surface area contributed by atoms with Gasteiger partial charge in [0, 0.05) is 49.8 Å². The molecule has 5 nitrogen and oxygen atoms in total. The number of benzene rings is 1. The van der Waals surface area contributed by atoms with E-state index in [0.29, 0.717) is 18.7 Å². The number of nitrogens with zero attached hydrogens (tertiary/aromatic N) is 3. The molecule has 2 aromatic rings. The topological polar surface area (TPSA) is 45.7 Å². The van der Waals surface area contributed by atoms with Crippen LogP contribution in [0.15, 0.2) is 42.7 Å². The minimum Gasteiger partial charge on any atom is -0.494 e. The van der Waals surface area contributed by atoms with Crippen LogP contribution >= 0.6 is 0 Å². The monoisotopic (exact) mass is 315 g/mol. The van der Waals surface area contributed by atoms with Crippen LogP contribution < -0.4 is 9.64 Å². The lowest BCUT2D eigenvalue weighted by Crippen LogP contribution is -2.48. The van der Waals surface area contributed by atoms with Gasteiger partial charge in [-0.25, -0.2) is 4.39 Å². The third-order valence-electron chi connectivity index (χ3n) is 3.99. The molecule has 0 atom stereocenters. The van der Waals surface area contributed by atoms with E-state index in [9.17, 15) is 9.18 Å². The molecule has 1 fully saturated rings. The molecule has 0 saturated carbocycles. The van der Waals surface area contributed by atoms with Gasteiger partial charge in [-0.05, 0) is 30.3 Å². The number of pyridine rings is 1. The molecular weight excluding hydrogens is 297 g/mol. The summed E-state index contributed by atoms with van der Waals surface area (Å²) in [5.74, 6) is -0.529. The average molecular weight is 315 g/mol. The molecule has 1 aliphatic heterocycles. The van der Waals surface area contributed by atoms with Crippen molar-refractivity contribution < 1.29 is 13.9 Å². The van der Waals surface area contributed by atoms with E-state index in [-0.39, 0.29) is 11.7 Å². The molecule has 1 saturated heterocycles. The molecule has 0 N–H and O–H groups in total. The Morgan fingerprint density at radius 3 is 2.43 bits per heavy atom. The second-order valence-corrected chi connectivity index (χ2v) is 5.33. The van der Waals surface area contributed by atoms with Gasteiger partial charge in [0.15, 0.2) is 11.6 Å². The van der Waals surface area contributed by atoms with Gasteiger partial charge in [-0.15, -0.1) is 0 Å². The van der Waals surface area contributed by atoms with E-state index in [1.165, 1.54) is 19.2 Å². The van der Waals surface area contributed by atoms with Crippen molar-refractivity contribution in [3.8, 4) is 5.75 Å². The molecule has 1 aromatic heterocycles. The summed E-state index contributed by atoms with van der Waals surface area (Å²) in [6.07, 6.45) is 3.51. The minimum atomic E-state index is -0.520. The van der Waals surface area contributed by atoms with E-state index in [1.54, 1.807) is 23.4 Å². The standard InChI is InChI=1S/C17H18FN3O2/c1-23-16-3-2-13(12-15(16)18)17(22)21-10-8-20(9-11-21)14-4-6-19-7-5-14/h2-7,12H,8-11H2,1H3. The number of anilines is 1. The Balaban J connectivity index is 1.65. The molecule has 3 rings (SSSR count). The quantitative estimate of drug-likeness (QED) is 0.871. The fourth-order valence-corrected chi connectivity index (χ4v) is 2.70. The molecular formula is C17H18FN3O2. The molecule has 0 spiro atoms. The highest BCUT2D eigenvalue weighted by Crippen LogP contribution is 2.20. The predicted molar refractivity (Wildman–Crippen MR) is 85.3 cm³/mol. The van der Waals surface area contributed by atoms with Crippen LogP contribution in [0.25, 0.3) is 0 Å². The summed E-state index contributed by atoms with van der Waals surface area (Å²) in [7, 11) is 1.40. The Hall–Kier alpha value is -2.63. The highest BCUT2D eigenvalue weighted by molar-refractivity contribution is 5.94. The van der Waals surface area contributed by atoms with Crippen LogP contribution in [-0.2, 0) is 0 Å². The van der Waals surface area contributed by atoms with Gasteiger partial charge in [0.1, 0.15) is 0 Å². The molecule has 120 valence electrons. The summed E-state index contributed by atoms with van der Waals surface area (Å²) < 4.78 is 18.6. The van der Waals surface area contributed by atoms with Crippen LogP contribution in [0.2, 0.25) is 0 Å². The first-order valence-electron chi connectivity index (χ1n) is 7.47. The fourth-order valence-electron chi connectivity index (χ4n) is 2.70. The van der Waals surface area contributed by atoms with Crippen molar-refractivity contribution in [1.82, 2.24) is 9.88 Å². The average Bonchev–Trinajstić information content (AvgIpc) is 2.62. The summed E-state index contributed by atoms with van der Waals surface area (Å²) >= 11 is 0. The van der Waals surface area contributed by atoms with Gasteiger partial charge in [-0.3, -0.25) is 9.78 Å². The number of methoxy groups -OCH3 is 1. The lowest BCUT2D eigenvalue weighted by atomic mass is 10.1. The van der Waals surface area contributed by atoms with E-state index in [0.717, 1.165) is 18.8 Å². The van der Waals surface area contributed by atoms with Gasteiger partial charge in [0.05, 0.1) is 7.11 Å². The number of rotatable bonds is 3. The molecule has 0 bridgehead atoms. The number of carbonyl (C=O) groups is 1. The van der Waals surface area contributed by atoms with E-state index >= 15 is 0 Å². The Morgan fingerprint density at radius 1 is 1.13 bits per heavy atom. The van der Waals surface area contributed by atoms with Gasteiger partial charge >= 0.3 is 0 Å². The van der Waals surface area contributed by atoms with Crippen molar-refractivity contribution in [3.05, 3.63) is 54.1 Å². The van der Waals surface area contributed by atoms with Crippen LogP contribution in [0.1, 0.15) is 10.4 Å². The zero-order valence-corrected chi connectivity index (χ0v) is 12.9. The molecule has 1 aromatic carbocycles. The van der Waals surface area contributed by atoms with Crippen LogP contribution in [0.3, 0.4) is 0 Å². The van der Waals surface area contributed by atoms with Gasteiger partial charge in [-0.1, -0.05) is 0 Å². The number of halogens is 1. The van der Waals surface area contributed by atoms with Crippen LogP contribution in [0.5, 0.6) is 5.75 Å². The lowest BCUT2D eigenvalue weighted by molar-refractivity contribution is 0.0746. The Bertz CT molecular complexity index is 685. The zero-order chi connectivity index (χ0) is 16.2. The maximum atomic E-state index is 13.8. The molecule has 0 unspecified atom stereocenters. The number of carbonyl (C=O) groups excluding carboxylic acids is 1. The number of aromatic nitrogens is 1. The predicted octanol–water partition coefficient (Wildman–Crippen LogP) is 2.19. The third-order valence-corrected chi connectivity index (χ3v) is 3.99. The van der Waals surface area contributed by atoms with Crippen LogP contribution in [-0.4, -0.2) is 49.1 Å². The first-order valence-corrected chi connectivity index (χ1v) is 7.47. The van der Waals surface area contributed by atoms with Crippen LogP contribution in [0.4, 0.5) is 10.1 Å². The third kappa shape index (κ3) is 3.26. The Morgan fingerprint density at radius 2 is 1.83 bits per heavy atom. The van der Waals surface area contributed by atoms with Gasteiger partial charge in [0.2, 0.25) is 0 Å². The van der Waals surface area contributed by atoms with E-state index in [2.05, 4.69) is 9.88 Å². The first kappa shape index (κ1) is 15.3. The Kier molecular flexibility index (Phi) is 4.41. The summed E-state index contributed by atoms with van der Waals surface area (Å²) in [5, 5.41) is 0. The van der Waals surface area contributed by atoms with Crippen molar-refractivity contribution in [2.45, 2.75) is 0 Å². The summed E-state index contributed by atoms with van der Waals surface area (Å²) in [5.41, 5.74) is 1.45. The summed E-state index contributed by atoms with van der Waals surface area (Å²) in [6.45, 7) is 2.70. The molecule has 6 heteroatoms. The van der Waals surface area contributed by atoms with Crippen LogP contribution in [0, 0.1) is 5.82 Å². The largest absolute Gasteiger partial charge is 0.494 e. The SMILES string of the molecule is COc1ccc(C(=O)N2CCN(c3ccncc3)CC2)cc1F.